The first-order valence-electron chi connectivity index (χ1n) is 26.9. The van der Waals surface area contributed by atoms with Crippen LogP contribution < -0.4 is 30.6 Å². The van der Waals surface area contributed by atoms with Crippen LogP contribution in [0.1, 0.15) is 209 Å². The van der Waals surface area contributed by atoms with Crippen molar-refractivity contribution in [1.29, 1.82) is 0 Å². The third-order valence-corrected chi connectivity index (χ3v) is 13.0. The van der Waals surface area contributed by atoms with Gasteiger partial charge in [0.25, 0.3) is 0 Å². The van der Waals surface area contributed by atoms with Crippen LogP contribution in [0, 0.1) is 23.7 Å². The maximum Gasteiger partial charge on any atom is 0.0681 e. The molecule has 0 aliphatic heterocycles. The Morgan fingerprint density at radius 3 is 0.819 bits per heavy atom. The van der Waals surface area contributed by atoms with Crippen LogP contribution in [0.5, 0.6) is 0 Å². The number of rotatable bonds is 19. The minimum Gasteiger partial charge on any atom is -0.545 e. The van der Waals surface area contributed by atoms with Gasteiger partial charge in [0.05, 0.1) is 35.8 Å². The lowest BCUT2D eigenvalue weighted by Crippen LogP contribution is -2.37. The molecule has 2 aromatic carbocycles. The lowest BCUT2D eigenvalue weighted by molar-refractivity contribution is -0.305. The Bertz CT molecular complexity index is 1780. The summed E-state index contributed by atoms with van der Waals surface area (Å²) in [6.45, 7) is 20.0. The van der Waals surface area contributed by atoms with Crippen molar-refractivity contribution >= 4 is 35.8 Å². The third kappa shape index (κ3) is 28.5. The maximum atomic E-state index is 11.7. The molecule has 0 aromatic heterocycles. The lowest BCUT2D eigenvalue weighted by atomic mass is 9.81. The number of carboxylic acids is 6. The molecule has 4 rings (SSSR count). The quantitative estimate of drug-likeness (QED) is 0.0996. The van der Waals surface area contributed by atoms with Crippen molar-refractivity contribution in [2.75, 3.05) is 0 Å². The molecule has 72 heavy (non-hydrogen) atoms. The SMILES string of the molecule is CCC(C)/C(C(=O)[O-])=C(/C(=O)[O-])C(C)CC.CCCC.CCCC.CCCC.O=C([O-])/C(=C(\C(=O)[O-])C1CCCCCC1)C1CCCCCC1.O=C([O-])/C(Cc1ccccc1)=C(/Cc1ccccc1)C(=O)[O-]. The molecule has 0 amide bonds. The van der Waals surface area contributed by atoms with Crippen molar-refractivity contribution in [2.45, 2.75) is 210 Å². The number of benzene rings is 2. The van der Waals surface area contributed by atoms with Crippen LogP contribution in [0.2, 0.25) is 0 Å². The number of hydrogen-bond acceptors (Lipinski definition) is 12. The van der Waals surface area contributed by atoms with E-state index in [0.717, 1.165) is 77.0 Å². The largest absolute Gasteiger partial charge is 0.545 e. The van der Waals surface area contributed by atoms with E-state index in [9.17, 15) is 59.4 Å². The van der Waals surface area contributed by atoms with E-state index in [0.29, 0.717) is 24.0 Å². The second kappa shape index (κ2) is 42.0. The highest BCUT2D eigenvalue weighted by Gasteiger charge is 2.27. The van der Waals surface area contributed by atoms with Crippen LogP contribution in [-0.4, -0.2) is 35.8 Å². The fourth-order valence-electron chi connectivity index (χ4n) is 7.89. The zero-order valence-electron chi connectivity index (χ0n) is 45.5. The van der Waals surface area contributed by atoms with Gasteiger partial charge in [0.15, 0.2) is 0 Å². The van der Waals surface area contributed by atoms with Crippen LogP contribution >= 0.6 is 0 Å². The fraction of sp³-hybridized carbons (Fsp3) is 0.600. The minimum absolute atomic E-state index is 0.0146. The molecule has 0 radical (unpaired) electrons. The van der Waals surface area contributed by atoms with Gasteiger partial charge in [-0.05, 0) is 120 Å². The van der Waals surface area contributed by atoms with Gasteiger partial charge in [-0.15, -0.1) is 0 Å². The molecule has 0 heterocycles. The van der Waals surface area contributed by atoms with Crippen molar-refractivity contribution in [1.82, 2.24) is 0 Å². The molecule has 2 aromatic rings. The summed E-state index contributed by atoms with van der Waals surface area (Å²) < 4.78 is 0. The molecule has 0 bridgehead atoms. The summed E-state index contributed by atoms with van der Waals surface area (Å²) in [6, 6.07) is 17.6. The monoisotopic (exact) mass is 1000 g/mol. The van der Waals surface area contributed by atoms with Crippen LogP contribution in [-0.2, 0) is 41.6 Å². The molecular formula is C60H88O12-6. The molecule has 2 fully saturated rings. The molecule has 0 saturated heterocycles. The molecule has 12 heteroatoms. The Morgan fingerprint density at radius 2 is 0.639 bits per heavy atom. The highest BCUT2D eigenvalue weighted by molar-refractivity contribution is 5.99. The summed E-state index contributed by atoms with van der Waals surface area (Å²) in [5.74, 6) is -9.42. The molecule has 2 unspecified atom stereocenters. The number of unbranched alkanes of at least 4 members (excludes halogenated alkanes) is 3. The van der Waals surface area contributed by atoms with Gasteiger partial charge in [0, 0.05) is 0 Å². The van der Waals surface area contributed by atoms with Gasteiger partial charge in [0.2, 0.25) is 0 Å². The third-order valence-electron chi connectivity index (χ3n) is 13.0. The normalized spacial score (nSPS) is 15.5. The Morgan fingerprint density at radius 1 is 0.389 bits per heavy atom. The average Bonchev–Trinajstić information content (AvgIpc) is 3.82. The van der Waals surface area contributed by atoms with Gasteiger partial charge in [-0.2, -0.15) is 0 Å². The predicted octanol–water partition coefficient (Wildman–Crippen LogP) is 7.29. The van der Waals surface area contributed by atoms with Crippen LogP contribution in [0.25, 0.3) is 0 Å². The number of hydrogen-bond donors (Lipinski definition) is 0. The second-order valence-electron chi connectivity index (χ2n) is 18.7. The highest BCUT2D eigenvalue weighted by atomic mass is 16.4. The van der Waals surface area contributed by atoms with Gasteiger partial charge in [-0.1, -0.05) is 220 Å². The summed E-state index contributed by atoms with van der Waals surface area (Å²) in [5.41, 5.74) is 0.739. The summed E-state index contributed by atoms with van der Waals surface area (Å²) in [7, 11) is 0. The van der Waals surface area contributed by atoms with Gasteiger partial charge >= 0.3 is 0 Å². The van der Waals surface area contributed by atoms with Crippen molar-refractivity contribution in [3.8, 4) is 0 Å². The Labute approximate surface area is 433 Å². The van der Waals surface area contributed by atoms with Gasteiger partial charge in [-0.3, -0.25) is 0 Å². The first-order valence-corrected chi connectivity index (χ1v) is 26.9. The first kappa shape index (κ1) is 68.6. The van der Waals surface area contributed by atoms with Crippen molar-refractivity contribution in [3.63, 3.8) is 0 Å². The Hall–Kier alpha value is -5.52. The van der Waals surface area contributed by atoms with Gasteiger partial charge in [0.1, 0.15) is 0 Å². The van der Waals surface area contributed by atoms with Crippen LogP contribution in [0.4, 0.5) is 0 Å². The summed E-state index contributed by atoms with van der Waals surface area (Å²) in [5, 5.41) is 68.2. The van der Waals surface area contributed by atoms with Crippen molar-refractivity contribution in [2.24, 2.45) is 23.7 Å². The zero-order chi connectivity index (χ0) is 55.0. The van der Waals surface area contributed by atoms with E-state index in [-0.39, 0.29) is 70.0 Å². The molecule has 2 aliphatic rings. The molecule has 2 saturated carbocycles. The molecule has 12 nitrogen and oxygen atoms in total. The average molecular weight is 1000 g/mol. The van der Waals surface area contributed by atoms with E-state index in [1.54, 1.807) is 88.4 Å². The Balaban J connectivity index is 0. The van der Waals surface area contributed by atoms with Crippen molar-refractivity contribution in [3.05, 3.63) is 105 Å². The molecular weight excluding hydrogens is 913 g/mol. The van der Waals surface area contributed by atoms with Crippen molar-refractivity contribution < 1.29 is 59.4 Å². The molecule has 2 atom stereocenters. The predicted molar refractivity (Wildman–Crippen MR) is 274 cm³/mol. The topological polar surface area (TPSA) is 241 Å². The standard InChI is InChI=1S/C18H16O4.C18H28O4.C12H20O4.3C4H10/c19-17(20)15(11-13-7-3-1-4-8-13)16(18(21)22)12-14-9-5-2-6-10-14;19-17(20)15(13-9-5-1-2-6-10-13)16(18(21)22)14-11-7-3-4-8-12-14;1-5-7(3)9(11(13)14)10(12(15)16)8(4)6-2;3*1-3-4-2/h1-10H,11-12H2,(H,19,20)(H,21,22);13-14H,1-12H2,(H,19,20)(H,21,22);7-8H,5-6H2,1-4H3,(H,13,14)(H,15,16);3*3-4H2,1-2H3/p-6/b2*16-15-;10-9-;;;. The first-order chi connectivity index (χ1) is 34.3. The zero-order valence-corrected chi connectivity index (χ0v) is 45.5. The number of carbonyl (C=O) groups is 6. The van der Waals surface area contributed by atoms with Gasteiger partial charge < -0.3 is 59.4 Å². The van der Waals surface area contributed by atoms with Crippen LogP contribution in [0.3, 0.4) is 0 Å². The van der Waals surface area contributed by atoms with Gasteiger partial charge in [-0.25, -0.2) is 0 Å². The molecule has 0 spiro atoms. The van der Waals surface area contributed by atoms with E-state index in [1.165, 1.54) is 38.5 Å². The lowest BCUT2D eigenvalue weighted by Gasteiger charge is -2.29. The number of carboxylic acid groups (broad SMARTS) is 6. The van der Waals surface area contributed by atoms with E-state index in [4.69, 9.17) is 0 Å². The number of carbonyl (C=O) groups excluding carboxylic acids is 6. The smallest absolute Gasteiger partial charge is 0.0681 e. The number of aliphatic carboxylic acids is 6. The van der Waals surface area contributed by atoms with Crippen LogP contribution in [0.15, 0.2) is 94.1 Å². The molecule has 0 N–H and O–H groups in total. The van der Waals surface area contributed by atoms with E-state index >= 15 is 0 Å². The molecule has 2 aliphatic carbocycles. The van der Waals surface area contributed by atoms with E-state index in [1.807, 2.05) is 0 Å². The van der Waals surface area contributed by atoms with E-state index in [2.05, 4.69) is 41.5 Å². The summed E-state index contributed by atoms with van der Waals surface area (Å²) in [4.78, 5) is 68.2. The highest BCUT2D eigenvalue weighted by Crippen LogP contribution is 2.36. The second-order valence-corrected chi connectivity index (χ2v) is 18.7. The van der Waals surface area contributed by atoms with E-state index < -0.39 is 35.8 Å². The maximum absolute atomic E-state index is 11.7. The molecule has 406 valence electrons. The fourth-order valence-corrected chi connectivity index (χ4v) is 7.89. The minimum atomic E-state index is -1.49. The Kier molecular flexibility index (Phi) is 40.0. The summed E-state index contributed by atoms with van der Waals surface area (Å²) >= 11 is 0. The summed E-state index contributed by atoms with van der Waals surface area (Å²) in [6.07, 6.45) is 20.3.